The molecule has 9 nitrogen and oxygen atoms in total. The van der Waals surface area contributed by atoms with Gasteiger partial charge in [-0.25, -0.2) is 0 Å². The van der Waals surface area contributed by atoms with Crippen LogP contribution in [0.4, 0.5) is 5.69 Å². The average molecular weight is 406 g/mol. The summed E-state index contributed by atoms with van der Waals surface area (Å²) < 4.78 is 1.81. The van der Waals surface area contributed by atoms with Gasteiger partial charge in [0, 0.05) is 31.2 Å². The van der Waals surface area contributed by atoms with E-state index in [1.807, 2.05) is 4.68 Å². The van der Waals surface area contributed by atoms with Gasteiger partial charge >= 0.3 is 0 Å². The number of anilines is 1. The highest BCUT2D eigenvalue weighted by atomic mass is 16.2. The maximum Gasteiger partial charge on any atom is 0.271 e. The first-order valence-electron chi connectivity index (χ1n) is 9.75. The third-order valence-corrected chi connectivity index (χ3v) is 5.20. The van der Waals surface area contributed by atoms with Gasteiger partial charge in [-0.1, -0.05) is 0 Å². The van der Waals surface area contributed by atoms with Crippen molar-refractivity contribution in [3.8, 4) is 0 Å². The summed E-state index contributed by atoms with van der Waals surface area (Å²) in [5.74, 6) is -0.353. The lowest BCUT2D eigenvalue weighted by atomic mass is 9.94. The van der Waals surface area contributed by atoms with Crippen LogP contribution in [0.3, 0.4) is 0 Å². The minimum absolute atomic E-state index is 0.168. The Hall–Kier alpha value is -3.75. The number of amides is 2. The number of hydrogen-bond donors (Lipinski definition) is 3. The molecule has 0 aromatic carbocycles. The van der Waals surface area contributed by atoms with Gasteiger partial charge in [0.2, 0.25) is 0 Å². The van der Waals surface area contributed by atoms with Crippen molar-refractivity contribution in [2.75, 3.05) is 11.9 Å². The van der Waals surface area contributed by atoms with Gasteiger partial charge in [-0.15, -0.1) is 0 Å². The number of nitrogens with one attached hydrogen (secondary N) is 3. The molecule has 9 heteroatoms. The fraction of sp³-hybridized carbons (Fsp3) is 0.286. The highest BCUT2D eigenvalue weighted by Gasteiger charge is 2.26. The second kappa shape index (κ2) is 8.32. The standard InChI is InChI=1S/C21H22N6O3/c1-13-4-5-17(21(30)25-13)26-20(29)16-12-24-27-8-6-14(9-18(16)27)10-23-19(28)15-3-2-7-22-11-15/h2-5,7,11-12,14H,6,8-10H2,1H3,(H,23,28)(H,25,30)(H,26,29). The molecule has 1 aliphatic rings. The van der Waals surface area contributed by atoms with Crippen LogP contribution in [0.25, 0.3) is 0 Å². The minimum atomic E-state index is -0.370. The van der Waals surface area contributed by atoms with Crippen molar-refractivity contribution >= 4 is 17.5 Å². The topological polar surface area (TPSA) is 122 Å². The summed E-state index contributed by atoms with van der Waals surface area (Å²) in [6.07, 6.45) is 6.14. The van der Waals surface area contributed by atoms with E-state index in [0.717, 1.165) is 17.8 Å². The lowest BCUT2D eigenvalue weighted by molar-refractivity contribution is 0.0942. The van der Waals surface area contributed by atoms with Crippen molar-refractivity contribution < 1.29 is 9.59 Å². The number of pyridine rings is 2. The van der Waals surface area contributed by atoms with Crippen LogP contribution in [0.1, 0.15) is 38.5 Å². The largest absolute Gasteiger partial charge is 0.352 e. The van der Waals surface area contributed by atoms with Crippen molar-refractivity contribution in [1.82, 2.24) is 25.1 Å². The normalized spacial score (nSPS) is 15.3. The van der Waals surface area contributed by atoms with Crippen molar-refractivity contribution in [3.63, 3.8) is 0 Å². The van der Waals surface area contributed by atoms with Crippen LogP contribution in [-0.4, -0.2) is 38.1 Å². The van der Waals surface area contributed by atoms with Crippen LogP contribution in [0, 0.1) is 12.8 Å². The number of nitrogens with zero attached hydrogens (tertiary/aromatic N) is 3. The van der Waals surface area contributed by atoms with E-state index < -0.39 is 0 Å². The maximum absolute atomic E-state index is 12.7. The van der Waals surface area contributed by atoms with E-state index >= 15 is 0 Å². The molecule has 154 valence electrons. The molecule has 4 heterocycles. The zero-order valence-electron chi connectivity index (χ0n) is 16.5. The van der Waals surface area contributed by atoms with Crippen LogP contribution >= 0.6 is 0 Å². The fourth-order valence-corrected chi connectivity index (χ4v) is 3.56. The average Bonchev–Trinajstić information content (AvgIpc) is 3.18. The predicted molar refractivity (Wildman–Crippen MR) is 110 cm³/mol. The van der Waals surface area contributed by atoms with Gasteiger partial charge in [0.15, 0.2) is 0 Å². The van der Waals surface area contributed by atoms with Gasteiger partial charge in [-0.2, -0.15) is 5.10 Å². The molecule has 3 aromatic rings. The second-order valence-corrected chi connectivity index (χ2v) is 7.38. The van der Waals surface area contributed by atoms with Gasteiger partial charge in [0.25, 0.3) is 17.4 Å². The van der Waals surface area contributed by atoms with E-state index in [2.05, 4.69) is 25.7 Å². The summed E-state index contributed by atoms with van der Waals surface area (Å²) in [5, 5.41) is 9.91. The third-order valence-electron chi connectivity index (χ3n) is 5.20. The van der Waals surface area contributed by atoms with Crippen molar-refractivity contribution in [2.45, 2.75) is 26.3 Å². The number of rotatable bonds is 5. The first-order valence-corrected chi connectivity index (χ1v) is 9.75. The minimum Gasteiger partial charge on any atom is -0.352 e. The molecule has 0 saturated heterocycles. The molecule has 0 spiro atoms. The lowest BCUT2D eigenvalue weighted by Crippen LogP contribution is -2.34. The number of fused-ring (bicyclic) bond motifs is 1. The van der Waals surface area contributed by atoms with E-state index in [0.29, 0.717) is 30.6 Å². The first-order chi connectivity index (χ1) is 14.5. The molecule has 2 amide bonds. The zero-order valence-corrected chi connectivity index (χ0v) is 16.5. The summed E-state index contributed by atoms with van der Waals surface area (Å²) in [5.41, 5.74) is 2.34. The Labute approximate surface area is 172 Å². The Bertz CT molecular complexity index is 1140. The lowest BCUT2D eigenvalue weighted by Gasteiger charge is -2.24. The number of hydrogen-bond acceptors (Lipinski definition) is 5. The smallest absolute Gasteiger partial charge is 0.271 e. The summed E-state index contributed by atoms with van der Waals surface area (Å²) >= 11 is 0. The predicted octanol–water partition coefficient (Wildman–Crippen LogP) is 1.52. The molecule has 1 atom stereocenters. The number of aryl methyl sites for hydroxylation is 2. The van der Waals surface area contributed by atoms with E-state index in [1.165, 1.54) is 12.4 Å². The highest BCUT2D eigenvalue weighted by Crippen LogP contribution is 2.23. The van der Waals surface area contributed by atoms with Crippen molar-refractivity contribution in [1.29, 1.82) is 0 Å². The second-order valence-electron chi connectivity index (χ2n) is 7.38. The molecular weight excluding hydrogens is 384 g/mol. The van der Waals surface area contributed by atoms with Crippen molar-refractivity contribution in [3.05, 3.63) is 75.7 Å². The summed E-state index contributed by atoms with van der Waals surface area (Å²) in [6, 6.07) is 6.75. The van der Waals surface area contributed by atoms with E-state index in [9.17, 15) is 14.4 Å². The molecular formula is C21H22N6O3. The van der Waals surface area contributed by atoms with E-state index in [4.69, 9.17) is 0 Å². The molecule has 0 aliphatic carbocycles. The number of aromatic amines is 1. The van der Waals surface area contributed by atoms with Gasteiger partial charge < -0.3 is 15.6 Å². The van der Waals surface area contributed by atoms with E-state index in [-0.39, 0.29) is 29.0 Å². The Balaban J connectivity index is 1.42. The van der Waals surface area contributed by atoms with Crippen LogP contribution in [-0.2, 0) is 13.0 Å². The number of carbonyl (C=O) groups excluding carboxylic acids is 2. The first kappa shape index (κ1) is 19.6. The number of H-pyrrole nitrogens is 1. The molecule has 3 N–H and O–H groups in total. The van der Waals surface area contributed by atoms with Crippen LogP contribution < -0.4 is 16.2 Å². The van der Waals surface area contributed by atoms with Crippen LogP contribution in [0.2, 0.25) is 0 Å². The molecule has 0 fully saturated rings. The molecule has 30 heavy (non-hydrogen) atoms. The molecule has 1 aliphatic heterocycles. The van der Waals surface area contributed by atoms with Gasteiger partial charge in [-0.3, -0.25) is 24.0 Å². The zero-order chi connectivity index (χ0) is 21.1. The molecule has 0 radical (unpaired) electrons. The van der Waals surface area contributed by atoms with Crippen LogP contribution in [0.5, 0.6) is 0 Å². The summed E-state index contributed by atoms with van der Waals surface area (Å²) in [7, 11) is 0. The van der Waals surface area contributed by atoms with Gasteiger partial charge in [0.1, 0.15) is 5.69 Å². The van der Waals surface area contributed by atoms with Gasteiger partial charge in [0.05, 0.1) is 23.0 Å². The Kier molecular flexibility index (Phi) is 5.42. The molecule has 0 saturated carbocycles. The Morgan fingerprint density at radius 3 is 2.87 bits per heavy atom. The molecule has 4 rings (SSSR count). The van der Waals surface area contributed by atoms with Crippen molar-refractivity contribution in [2.24, 2.45) is 5.92 Å². The fourth-order valence-electron chi connectivity index (χ4n) is 3.56. The molecule has 0 bridgehead atoms. The monoisotopic (exact) mass is 406 g/mol. The quantitative estimate of drug-likeness (QED) is 0.593. The molecule has 3 aromatic heterocycles. The summed E-state index contributed by atoms with van der Waals surface area (Å²) in [6.45, 7) is 2.94. The number of aromatic nitrogens is 4. The Morgan fingerprint density at radius 2 is 2.10 bits per heavy atom. The maximum atomic E-state index is 12.7. The van der Waals surface area contributed by atoms with Gasteiger partial charge in [-0.05, 0) is 49.9 Å². The third kappa shape index (κ3) is 4.14. The Morgan fingerprint density at radius 1 is 1.23 bits per heavy atom. The highest BCUT2D eigenvalue weighted by molar-refractivity contribution is 6.04. The van der Waals surface area contributed by atoms with E-state index in [1.54, 1.807) is 37.4 Å². The number of carbonyl (C=O) groups is 2. The summed E-state index contributed by atoms with van der Waals surface area (Å²) in [4.78, 5) is 43.6. The molecule has 1 unspecified atom stereocenters. The SMILES string of the molecule is Cc1ccc(NC(=O)c2cnn3c2CC(CNC(=O)c2cccnc2)CC3)c(=O)[nH]1. The van der Waals surface area contributed by atoms with Crippen LogP contribution in [0.15, 0.2) is 47.7 Å².